The Hall–Kier alpha value is -2.02. The van der Waals surface area contributed by atoms with Crippen LogP contribution in [0.5, 0.6) is 5.75 Å². The highest BCUT2D eigenvalue weighted by Crippen LogP contribution is 2.21. The van der Waals surface area contributed by atoms with Gasteiger partial charge in [-0.1, -0.05) is 11.6 Å². The Bertz CT molecular complexity index is 463. The van der Waals surface area contributed by atoms with E-state index in [1.165, 1.54) is 12.0 Å². The minimum absolute atomic E-state index is 0.209. The van der Waals surface area contributed by atoms with E-state index in [9.17, 15) is 4.79 Å². The molecule has 17 heavy (non-hydrogen) atoms. The third-order valence-corrected chi connectivity index (χ3v) is 2.67. The zero-order valence-electron chi connectivity index (χ0n) is 10.5. The van der Waals surface area contributed by atoms with Crippen molar-refractivity contribution >= 4 is 5.91 Å². The molecule has 0 heterocycles. The number of aryl methyl sites for hydroxylation is 1. The lowest BCUT2D eigenvalue weighted by atomic mass is 10.1. The monoisotopic (exact) mass is 232 g/mol. The molecule has 1 rings (SSSR count). The molecule has 0 aliphatic heterocycles. The van der Waals surface area contributed by atoms with E-state index in [2.05, 4.69) is 0 Å². The number of methoxy groups -OCH3 is 1. The molecule has 1 aromatic carbocycles. The molecular weight excluding hydrogens is 216 g/mol. The molecule has 0 aliphatic rings. The standard InChI is InChI=1S/C13H16N2O2/c1-9-5-6-12(17-4)11(7-9)13(16)15(3)10(2)8-14/h5-7,10H,1-4H3. The van der Waals surface area contributed by atoms with Crippen molar-refractivity contribution in [2.24, 2.45) is 0 Å². The average molecular weight is 232 g/mol. The molecule has 90 valence electrons. The van der Waals surface area contributed by atoms with Gasteiger partial charge in [0.15, 0.2) is 0 Å². The first-order valence-electron chi connectivity index (χ1n) is 5.32. The van der Waals surface area contributed by atoms with Crippen molar-refractivity contribution < 1.29 is 9.53 Å². The van der Waals surface area contributed by atoms with Crippen molar-refractivity contribution in [3.05, 3.63) is 29.3 Å². The van der Waals surface area contributed by atoms with Crippen LogP contribution in [0.4, 0.5) is 0 Å². The molecule has 0 fully saturated rings. The van der Waals surface area contributed by atoms with Gasteiger partial charge in [-0.2, -0.15) is 5.26 Å². The van der Waals surface area contributed by atoms with Crippen molar-refractivity contribution in [1.82, 2.24) is 4.90 Å². The molecule has 1 aromatic rings. The van der Waals surface area contributed by atoms with E-state index in [4.69, 9.17) is 10.00 Å². The number of hydrogen-bond donors (Lipinski definition) is 0. The summed E-state index contributed by atoms with van der Waals surface area (Å²) in [6, 6.07) is 6.97. The molecule has 1 amide bonds. The van der Waals surface area contributed by atoms with E-state index in [1.807, 2.05) is 19.1 Å². The Kier molecular flexibility index (Phi) is 4.11. The van der Waals surface area contributed by atoms with E-state index < -0.39 is 6.04 Å². The second-order valence-electron chi connectivity index (χ2n) is 3.92. The van der Waals surface area contributed by atoms with Crippen molar-refractivity contribution in [1.29, 1.82) is 5.26 Å². The van der Waals surface area contributed by atoms with Gasteiger partial charge < -0.3 is 9.64 Å². The third-order valence-electron chi connectivity index (χ3n) is 2.67. The zero-order valence-corrected chi connectivity index (χ0v) is 10.5. The first-order valence-corrected chi connectivity index (χ1v) is 5.32. The van der Waals surface area contributed by atoms with Crippen LogP contribution in [0.25, 0.3) is 0 Å². The van der Waals surface area contributed by atoms with Crippen LogP contribution in [-0.2, 0) is 0 Å². The van der Waals surface area contributed by atoms with Crippen LogP contribution in [0.1, 0.15) is 22.8 Å². The lowest BCUT2D eigenvalue weighted by Gasteiger charge is -2.20. The first-order chi connectivity index (χ1) is 8.01. The number of hydrogen-bond acceptors (Lipinski definition) is 3. The molecule has 4 nitrogen and oxygen atoms in total. The zero-order chi connectivity index (χ0) is 13.0. The molecular formula is C13H16N2O2. The number of nitriles is 1. The molecule has 0 N–H and O–H groups in total. The quantitative estimate of drug-likeness (QED) is 0.800. The van der Waals surface area contributed by atoms with Gasteiger partial charge in [-0.15, -0.1) is 0 Å². The van der Waals surface area contributed by atoms with Gasteiger partial charge in [0.2, 0.25) is 0 Å². The maximum Gasteiger partial charge on any atom is 0.258 e. The lowest BCUT2D eigenvalue weighted by molar-refractivity contribution is 0.0769. The van der Waals surface area contributed by atoms with Crippen LogP contribution < -0.4 is 4.74 Å². The van der Waals surface area contributed by atoms with Crippen LogP contribution in [-0.4, -0.2) is 31.0 Å². The summed E-state index contributed by atoms with van der Waals surface area (Å²) in [5.41, 5.74) is 1.46. The topological polar surface area (TPSA) is 53.3 Å². The Morgan fingerprint density at radius 1 is 1.53 bits per heavy atom. The van der Waals surface area contributed by atoms with Crippen LogP contribution >= 0.6 is 0 Å². The SMILES string of the molecule is COc1ccc(C)cc1C(=O)N(C)C(C)C#N. The van der Waals surface area contributed by atoms with Gasteiger partial charge in [-0.25, -0.2) is 0 Å². The van der Waals surface area contributed by atoms with Gasteiger partial charge in [-0.05, 0) is 26.0 Å². The predicted octanol–water partition coefficient (Wildman–Crippen LogP) is 1.99. The van der Waals surface area contributed by atoms with Crippen LogP contribution in [0.15, 0.2) is 18.2 Å². The van der Waals surface area contributed by atoms with E-state index in [0.717, 1.165) is 5.56 Å². The summed E-state index contributed by atoms with van der Waals surface area (Å²) in [5.74, 6) is 0.317. The molecule has 1 atom stereocenters. The summed E-state index contributed by atoms with van der Waals surface area (Å²) in [4.78, 5) is 13.6. The Morgan fingerprint density at radius 2 is 2.18 bits per heavy atom. The van der Waals surface area contributed by atoms with Crippen molar-refractivity contribution in [2.45, 2.75) is 19.9 Å². The number of ether oxygens (including phenoxy) is 1. The average Bonchev–Trinajstić information content (AvgIpc) is 2.35. The Labute approximate surface area is 101 Å². The normalized spacial score (nSPS) is 11.5. The van der Waals surface area contributed by atoms with Crippen LogP contribution in [0.3, 0.4) is 0 Å². The molecule has 4 heteroatoms. The van der Waals surface area contributed by atoms with Crippen LogP contribution in [0, 0.1) is 18.3 Å². The summed E-state index contributed by atoms with van der Waals surface area (Å²) in [6.07, 6.45) is 0. The minimum atomic E-state index is -0.465. The molecule has 0 aromatic heterocycles. The number of rotatable bonds is 3. The van der Waals surface area contributed by atoms with Crippen molar-refractivity contribution in [3.63, 3.8) is 0 Å². The molecule has 0 aliphatic carbocycles. The van der Waals surface area contributed by atoms with Gasteiger partial charge >= 0.3 is 0 Å². The summed E-state index contributed by atoms with van der Waals surface area (Å²) >= 11 is 0. The fourth-order valence-corrected chi connectivity index (χ4v) is 1.44. The Morgan fingerprint density at radius 3 is 2.71 bits per heavy atom. The fourth-order valence-electron chi connectivity index (χ4n) is 1.44. The first kappa shape index (κ1) is 13.0. The van der Waals surface area contributed by atoms with Gasteiger partial charge in [0, 0.05) is 7.05 Å². The number of carbonyl (C=O) groups is 1. The number of nitrogens with zero attached hydrogens (tertiary/aromatic N) is 2. The lowest BCUT2D eigenvalue weighted by Crippen LogP contribution is -2.34. The summed E-state index contributed by atoms with van der Waals surface area (Å²) in [7, 11) is 3.13. The summed E-state index contributed by atoms with van der Waals surface area (Å²) < 4.78 is 5.15. The number of benzene rings is 1. The van der Waals surface area contributed by atoms with E-state index in [1.54, 1.807) is 26.1 Å². The molecule has 0 radical (unpaired) electrons. The largest absolute Gasteiger partial charge is 0.496 e. The molecule has 0 bridgehead atoms. The smallest absolute Gasteiger partial charge is 0.258 e. The fraction of sp³-hybridized carbons (Fsp3) is 0.385. The van der Waals surface area contributed by atoms with Gasteiger partial charge in [0.25, 0.3) is 5.91 Å². The van der Waals surface area contributed by atoms with Gasteiger partial charge in [0.05, 0.1) is 18.7 Å². The number of carbonyl (C=O) groups excluding carboxylic acids is 1. The molecule has 0 saturated carbocycles. The predicted molar refractivity (Wildman–Crippen MR) is 64.9 cm³/mol. The summed E-state index contributed by atoms with van der Waals surface area (Å²) in [5, 5.41) is 8.81. The van der Waals surface area contributed by atoms with Gasteiger partial charge in [-0.3, -0.25) is 4.79 Å². The third kappa shape index (κ3) is 2.76. The summed E-state index contributed by atoms with van der Waals surface area (Å²) in [6.45, 7) is 3.59. The van der Waals surface area contributed by atoms with Gasteiger partial charge in [0.1, 0.15) is 11.8 Å². The minimum Gasteiger partial charge on any atom is -0.496 e. The second-order valence-corrected chi connectivity index (χ2v) is 3.92. The van der Waals surface area contributed by atoms with Crippen molar-refractivity contribution in [3.8, 4) is 11.8 Å². The van der Waals surface area contributed by atoms with E-state index in [0.29, 0.717) is 11.3 Å². The van der Waals surface area contributed by atoms with E-state index in [-0.39, 0.29) is 5.91 Å². The number of amides is 1. The van der Waals surface area contributed by atoms with E-state index >= 15 is 0 Å². The second kappa shape index (κ2) is 5.35. The Balaban J connectivity index is 3.12. The maximum absolute atomic E-state index is 12.2. The van der Waals surface area contributed by atoms with Crippen molar-refractivity contribution in [2.75, 3.05) is 14.2 Å². The highest BCUT2D eigenvalue weighted by Gasteiger charge is 2.20. The molecule has 1 unspecified atom stereocenters. The molecule has 0 saturated heterocycles. The highest BCUT2D eigenvalue weighted by molar-refractivity contribution is 5.97. The highest BCUT2D eigenvalue weighted by atomic mass is 16.5. The van der Waals surface area contributed by atoms with Crippen LogP contribution in [0.2, 0.25) is 0 Å². The molecule has 0 spiro atoms. The maximum atomic E-state index is 12.2.